The second-order valence-electron chi connectivity index (χ2n) is 27.3. The molecular weight excluding hydrogens is 1530 g/mol. The highest BCUT2D eigenvalue weighted by atomic mass is 16.6. The van der Waals surface area contributed by atoms with Crippen LogP contribution in [0.15, 0.2) is 0 Å². The fourth-order valence-electron chi connectivity index (χ4n) is 9.50. The van der Waals surface area contributed by atoms with Crippen molar-refractivity contribution < 1.29 is 165 Å². The van der Waals surface area contributed by atoms with Crippen molar-refractivity contribution >= 4 is 119 Å². The second kappa shape index (κ2) is 57.0. The minimum atomic E-state index is -1.75. The Morgan fingerprint density at radius 2 is 0.509 bits per heavy atom. The number of carboxylic acids is 8. The van der Waals surface area contributed by atoms with Crippen LogP contribution in [0.25, 0.3) is 0 Å². The van der Waals surface area contributed by atoms with Crippen LogP contribution in [0.2, 0.25) is 0 Å². The minimum Gasteiger partial charge on any atom is -0.481 e. The Kier molecular flexibility index (Phi) is 51.4. The molecule has 0 radical (unpaired) electrons. The molecule has 46 nitrogen and oxygen atoms in total. The molecule has 0 saturated heterocycles. The van der Waals surface area contributed by atoms with Crippen molar-refractivity contribution in [2.45, 2.75) is 229 Å². The lowest BCUT2D eigenvalue weighted by Gasteiger charge is -2.22. The number of nitrogens with one attached hydrogen (secondary N) is 12. The lowest BCUT2D eigenvalue weighted by atomic mass is 10.1. The van der Waals surface area contributed by atoms with Gasteiger partial charge in [-0.1, -0.05) is 0 Å². The summed E-state index contributed by atoms with van der Waals surface area (Å²) in [6.45, 7) is 7.20. The third-order valence-corrected chi connectivity index (χ3v) is 15.1. The van der Waals surface area contributed by atoms with Gasteiger partial charge in [-0.3, -0.25) is 67.1 Å². The number of hydrogen-bond donors (Lipinski definition) is 20. The predicted molar refractivity (Wildman–Crippen MR) is 387 cm³/mol. The van der Waals surface area contributed by atoms with Gasteiger partial charge in [-0.25, -0.2) is 28.8 Å². The van der Waals surface area contributed by atoms with E-state index in [0.29, 0.717) is 12.8 Å². The molecule has 0 fully saturated rings. The van der Waals surface area contributed by atoms with Crippen molar-refractivity contribution in [2.75, 3.05) is 79.0 Å². The molecule has 20 N–H and O–H groups in total. The molecule has 0 aliphatic carbocycles. The number of alkyl carbamates (subject to hydrolysis) is 2. The molecule has 114 heavy (non-hydrogen) atoms. The summed E-state index contributed by atoms with van der Waals surface area (Å²) in [6.07, 6.45) is -8.34. The monoisotopic (exact) mass is 1640 g/mol. The Morgan fingerprint density at radius 1 is 0.254 bits per heavy atom. The van der Waals surface area contributed by atoms with Crippen molar-refractivity contribution in [1.29, 1.82) is 0 Å². The number of carbonyl (C=O) groups excluding carboxylic acids is 12. The van der Waals surface area contributed by atoms with Gasteiger partial charge in [0.15, 0.2) is 0 Å². The topological polar surface area (TPSA) is 703 Å². The summed E-state index contributed by atoms with van der Waals surface area (Å²) in [7, 11) is 0. The van der Waals surface area contributed by atoms with E-state index in [2.05, 4.69) is 63.8 Å². The molecule has 12 amide bonds. The average molecular weight is 1640 g/mol. The van der Waals surface area contributed by atoms with E-state index in [1.807, 2.05) is 0 Å². The first-order valence-electron chi connectivity index (χ1n) is 36.3. The van der Waals surface area contributed by atoms with Gasteiger partial charge in [0.05, 0.1) is 39.6 Å². The first kappa shape index (κ1) is 103. The van der Waals surface area contributed by atoms with Crippen LogP contribution < -0.4 is 63.8 Å². The molecule has 0 aliphatic heterocycles. The Labute approximate surface area is 654 Å². The van der Waals surface area contributed by atoms with Gasteiger partial charge in [-0.15, -0.1) is 0 Å². The summed E-state index contributed by atoms with van der Waals surface area (Å²) < 4.78 is 32.1. The number of ether oxygens (including phenoxy) is 6. The van der Waals surface area contributed by atoms with Crippen LogP contribution in [0.3, 0.4) is 0 Å². The fourth-order valence-corrected chi connectivity index (χ4v) is 9.50. The number of carbonyl (C=O) groups is 20. The number of unbranched alkanes of at least 4 members (excludes halogenated alkanes) is 2. The molecule has 0 aliphatic rings. The molecule has 646 valence electrons. The summed E-state index contributed by atoms with van der Waals surface area (Å²) >= 11 is 0. The zero-order chi connectivity index (χ0) is 86.5. The molecule has 0 aromatic heterocycles. The SMILES string of the molecule is CC(C)(C)OC(=O)NCCCCC(NC(=O)CCC(=O)NC(CCCCNC(=O)OC(C)(C)C)C(=O)NCCOCCOCC(=O)NC(CCC(=O)NC(CCC(=O)O)C(=O)O)C(=O)NC(CCC(=O)O)C(=O)O)C(=O)NCCOCCOCC(=O)NC(CCC(=O)NC(CCC(=O)O)C(=O)O)C(=O)NC(CCC(=O)O)C(=O)O. The van der Waals surface area contributed by atoms with E-state index in [-0.39, 0.29) is 91.5 Å². The highest BCUT2D eigenvalue weighted by molar-refractivity contribution is 5.94. The maximum Gasteiger partial charge on any atom is 0.407 e. The molecule has 0 aromatic carbocycles. The van der Waals surface area contributed by atoms with Gasteiger partial charge in [0.25, 0.3) is 0 Å². The standard InChI is InChI=1S/C68H110N12O34/c1-67(2,3)113-65(107)71-27-9-7-11-39(57(95)69-29-31-109-33-35-111-37-51(85)75-41(59(97)79-45(63(103)104)17-25-55(91)92)13-19-47(81)77-43(61(99)100)15-23-53(87)88)73-49(83)21-22-50(84)74-40(12-8-10-28-72-66(108)114-68(4,5)6)58(96)70-30-32-110-34-36-112-38-52(86)76-42(60(98)80-46(64(105)106)18-26-56(93)94)14-20-48(82)78-44(62(101)102)16-24-54(89)90/h39-46H,7-38H2,1-6H3,(H,69,95)(H,70,96)(H,71,107)(H,72,108)(H,73,83)(H,74,84)(H,75,85)(H,76,86)(H,77,81)(H,78,82)(H,79,97)(H,80,98)(H,87,88)(H,89,90)(H,91,92)(H,93,94)(H,99,100)(H,101,102)(H,103,104)(H,105,106). The van der Waals surface area contributed by atoms with Crippen LogP contribution >= 0.6 is 0 Å². The maximum atomic E-state index is 13.6. The van der Waals surface area contributed by atoms with Crippen molar-refractivity contribution in [2.24, 2.45) is 0 Å². The number of amides is 12. The van der Waals surface area contributed by atoms with E-state index in [0.717, 1.165) is 0 Å². The third kappa shape index (κ3) is 54.5. The smallest absolute Gasteiger partial charge is 0.407 e. The highest BCUT2D eigenvalue weighted by Gasteiger charge is 2.32. The van der Waals surface area contributed by atoms with Gasteiger partial charge in [-0.05, 0) is 119 Å². The number of carboxylic acid groups (broad SMARTS) is 8. The second-order valence-corrected chi connectivity index (χ2v) is 27.3. The number of rotatable bonds is 63. The molecule has 0 spiro atoms. The Morgan fingerprint density at radius 3 is 0.798 bits per heavy atom. The van der Waals surface area contributed by atoms with Crippen molar-refractivity contribution in [3.05, 3.63) is 0 Å². The largest absolute Gasteiger partial charge is 0.481 e. The Bertz CT molecular complexity index is 3010. The number of aliphatic carboxylic acids is 8. The van der Waals surface area contributed by atoms with Gasteiger partial charge in [0.2, 0.25) is 59.1 Å². The first-order chi connectivity index (χ1) is 53.4. The summed E-state index contributed by atoms with van der Waals surface area (Å²) in [5.74, 6) is -21.0. The van der Waals surface area contributed by atoms with Crippen LogP contribution in [-0.2, 0) is 115 Å². The molecule has 0 saturated carbocycles. The fraction of sp³-hybridized carbons (Fsp3) is 0.706. The highest BCUT2D eigenvalue weighted by Crippen LogP contribution is 2.12. The van der Waals surface area contributed by atoms with Crippen molar-refractivity contribution in [3.63, 3.8) is 0 Å². The van der Waals surface area contributed by atoms with E-state index in [1.54, 1.807) is 41.5 Å². The predicted octanol–water partition coefficient (Wildman–Crippen LogP) is -3.31. The van der Waals surface area contributed by atoms with Crippen LogP contribution in [-0.4, -0.2) is 298 Å². The summed E-state index contributed by atoms with van der Waals surface area (Å²) in [6, 6.07) is -12.5. The van der Waals surface area contributed by atoms with E-state index in [1.165, 1.54) is 0 Å². The Hall–Kier alpha value is -11.2. The van der Waals surface area contributed by atoms with Crippen LogP contribution in [0.5, 0.6) is 0 Å². The molecule has 0 heterocycles. The van der Waals surface area contributed by atoms with E-state index >= 15 is 0 Å². The zero-order valence-electron chi connectivity index (χ0n) is 64.4. The van der Waals surface area contributed by atoms with E-state index in [4.69, 9.17) is 48.8 Å². The summed E-state index contributed by atoms with van der Waals surface area (Å²) in [5, 5.41) is 102. The van der Waals surface area contributed by atoms with Gasteiger partial charge >= 0.3 is 59.9 Å². The van der Waals surface area contributed by atoms with Crippen molar-refractivity contribution in [1.82, 2.24) is 63.8 Å². The van der Waals surface area contributed by atoms with Gasteiger partial charge in [-0.2, -0.15) is 0 Å². The lowest BCUT2D eigenvalue weighted by molar-refractivity contribution is -0.144. The first-order valence-corrected chi connectivity index (χ1v) is 36.3. The lowest BCUT2D eigenvalue weighted by Crippen LogP contribution is -2.52. The number of hydrogen-bond acceptors (Lipinski definition) is 26. The third-order valence-electron chi connectivity index (χ3n) is 15.1. The quantitative estimate of drug-likeness (QED) is 0.0265. The average Bonchev–Trinajstić information content (AvgIpc) is 0.875. The van der Waals surface area contributed by atoms with Gasteiger partial charge in [0.1, 0.15) is 72.8 Å². The molecule has 0 bridgehead atoms. The Balaban J connectivity index is 5.97. The van der Waals surface area contributed by atoms with Gasteiger partial charge < -0.3 is 133 Å². The molecular formula is C68H110N12O34. The molecule has 8 unspecified atom stereocenters. The molecule has 46 heteroatoms. The normalized spacial score (nSPS) is 13.2. The van der Waals surface area contributed by atoms with Crippen molar-refractivity contribution in [3.8, 4) is 0 Å². The molecule has 0 rings (SSSR count). The van der Waals surface area contributed by atoms with Crippen LogP contribution in [0.1, 0.15) is 170 Å². The van der Waals surface area contributed by atoms with Crippen LogP contribution in [0, 0.1) is 0 Å². The summed E-state index contributed by atoms with van der Waals surface area (Å²) in [5.41, 5.74) is -1.59. The maximum absolute atomic E-state index is 13.6. The van der Waals surface area contributed by atoms with E-state index < -0.39 is 282 Å². The van der Waals surface area contributed by atoms with Crippen LogP contribution in [0.4, 0.5) is 9.59 Å². The van der Waals surface area contributed by atoms with Gasteiger partial charge in [0, 0.05) is 77.5 Å². The summed E-state index contributed by atoms with van der Waals surface area (Å²) in [4.78, 5) is 247. The molecule has 8 atom stereocenters. The molecule has 0 aromatic rings. The van der Waals surface area contributed by atoms with E-state index in [9.17, 15) is 116 Å². The minimum absolute atomic E-state index is 0.0183. The zero-order valence-corrected chi connectivity index (χ0v) is 64.4.